The number of alkyl halides is 2. The van der Waals surface area contributed by atoms with E-state index in [0.717, 1.165) is 16.7 Å². The zero-order valence-electron chi connectivity index (χ0n) is 19.0. The molecule has 1 fully saturated rings. The average molecular weight is 473 g/mol. The Labute approximate surface area is 203 Å². The van der Waals surface area contributed by atoms with E-state index < -0.39 is 29.8 Å². The van der Waals surface area contributed by atoms with E-state index >= 15 is 8.78 Å². The summed E-state index contributed by atoms with van der Waals surface area (Å²) < 4.78 is 42.3. The van der Waals surface area contributed by atoms with Crippen molar-refractivity contribution in [2.75, 3.05) is 6.61 Å². The first-order chi connectivity index (χ1) is 17.0. The third-order valence-electron chi connectivity index (χ3n) is 6.58. The number of ether oxygens (including phenoxy) is 2. The molecule has 0 saturated carbocycles. The summed E-state index contributed by atoms with van der Waals surface area (Å²) in [5, 5.41) is 10.1. The Morgan fingerprint density at radius 1 is 0.686 bits per heavy atom. The Morgan fingerprint density at radius 3 is 1.51 bits per heavy atom. The fourth-order valence-corrected chi connectivity index (χ4v) is 4.94. The lowest BCUT2D eigenvalue weighted by Gasteiger charge is -2.37. The number of aliphatic hydroxyl groups is 1. The lowest BCUT2D eigenvalue weighted by molar-refractivity contribution is -0.193. The highest BCUT2D eigenvalue weighted by Gasteiger charge is 2.59. The van der Waals surface area contributed by atoms with Crippen molar-refractivity contribution in [1.82, 2.24) is 0 Å². The first-order valence-corrected chi connectivity index (χ1v) is 11.6. The first-order valence-electron chi connectivity index (χ1n) is 11.6. The number of aliphatic hydroxyl groups excluding tert-OH is 1. The van der Waals surface area contributed by atoms with Crippen LogP contribution in [0.3, 0.4) is 0 Å². The number of rotatable bonds is 7. The molecule has 4 aromatic rings. The summed E-state index contributed by atoms with van der Waals surface area (Å²) in [4.78, 5) is 0. The molecule has 0 radical (unpaired) electrons. The van der Waals surface area contributed by atoms with Crippen LogP contribution in [0.15, 0.2) is 121 Å². The molecule has 1 unspecified atom stereocenters. The summed E-state index contributed by atoms with van der Waals surface area (Å²) >= 11 is 0. The Balaban J connectivity index is 1.60. The zero-order valence-corrected chi connectivity index (χ0v) is 19.0. The van der Waals surface area contributed by atoms with Gasteiger partial charge in [0.05, 0.1) is 18.6 Å². The van der Waals surface area contributed by atoms with Crippen LogP contribution in [0.1, 0.15) is 28.2 Å². The van der Waals surface area contributed by atoms with Crippen molar-refractivity contribution in [2.45, 2.75) is 29.8 Å². The normalized spacial score (nSPS) is 21.6. The molecule has 1 N–H and O–H groups in total. The molecule has 0 spiro atoms. The number of hydrogen-bond donors (Lipinski definition) is 1. The van der Waals surface area contributed by atoms with Crippen LogP contribution < -0.4 is 0 Å². The minimum atomic E-state index is -3.45. The second kappa shape index (κ2) is 9.70. The van der Waals surface area contributed by atoms with Gasteiger partial charge in [0.1, 0.15) is 5.60 Å². The van der Waals surface area contributed by atoms with Crippen molar-refractivity contribution in [3.05, 3.63) is 144 Å². The van der Waals surface area contributed by atoms with E-state index in [1.807, 2.05) is 91.0 Å². The first kappa shape index (κ1) is 23.4. The van der Waals surface area contributed by atoms with Gasteiger partial charge in [-0.3, -0.25) is 0 Å². The molecular formula is C30H26F2O3. The molecule has 0 bridgehead atoms. The average Bonchev–Trinajstić information content (AvgIpc) is 3.14. The van der Waals surface area contributed by atoms with E-state index in [4.69, 9.17) is 9.47 Å². The summed E-state index contributed by atoms with van der Waals surface area (Å²) in [5.74, 6) is -4.80. The van der Waals surface area contributed by atoms with Gasteiger partial charge in [-0.15, -0.1) is 0 Å². The second-order valence-corrected chi connectivity index (χ2v) is 8.68. The fourth-order valence-electron chi connectivity index (χ4n) is 4.94. The van der Waals surface area contributed by atoms with Crippen LogP contribution in [0.4, 0.5) is 8.78 Å². The number of hydrogen-bond acceptors (Lipinski definition) is 3. The smallest absolute Gasteiger partial charge is 0.307 e. The van der Waals surface area contributed by atoms with E-state index in [1.165, 1.54) is 0 Å². The van der Waals surface area contributed by atoms with Gasteiger partial charge in [-0.2, -0.15) is 0 Å². The maximum atomic E-state index is 15.1. The van der Waals surface area contributed by atoms with E-state index in [0.29, 0.717) is 5.56 Å². The van der Waals surface area contributed by atoms with Crippen LogP contribution in [0.2, 0.25) is 0 Å². The molecule has 5 rings (SSSR count). The Kier molecular flexibility index (Phi) is 6.48. The molecule has 4 aromatic carbocycles. The Morgan fingerprint density at radius 2 is 1.09 bits per heavy atom. The van der Waals surface area contributed by atoms with Gasteiger partial charge in [-0.1, -0.05) is 121 Å². The fraction of sp³-hybridized carbons (Fsp3) is 0.200. The Bertz CT molecular complexity index is 1120. The molecule has 0 aliphatic carbocycles. The lowest BCUT2D eigenvalue weighted by atomic mass is 9.80. The van der Waals surface area contributed by atoms with Gasteiger partial charge in [0.25, 0.3) is 0 Å². The monoisotopic (exact) mass is 472 g/mol. The van der Waals surface area contributed by atoms with Crippen LogP contribution in [-0.4, -0.2) is 30.0 Å². The van der Waals surface area contributed by atoms with Crippen molar-refractivity contribution < 1.29 is 23.4 Å². The third-order valence-corrected chi connectivity index (χ3v) is 6.58. The molecule has 0 aromatic heterocycles. The van der Waals surface area contributed by atoms with Gasteiger partial charge in [-0.05, 0) is 22.3 Å². The molecule has 1 aliphatic heterocycles. The molecule has 178 valence electrons. The lowest BCUT2D eigenvalue weighted by Crippen LogP contribution is -2.38. The molecule has 0 amide bonds. The van der Waals surface area contributed by atoms with Crippen LogP contribution in [0.5, 0.6) is 0 Å². The van der Waals surface area contributed by atoms with E-state index in [-0.39, 0.29) is 6.61 Å². The van der Waals surface area contributed by atoms with Crippen LogP contribution in [-0.2, 0) is 15.1 Å². The van der Waals surface area contributed by atoms with Gasteiger partial charge in [-0.25, -0.2) is 8.78 Å². The third kappa shape index (κ3) is 4.27. The summed E-state index contributed by atoms with van der Waals surface area (Å²) in [7, 11) is 0. The summed E-state index contributed by atoms with van der Waals surface area (Å²) in [6, 6.07) is 37.6. The molecule has 1 aliphatic rings. The minimum Gasteiger partial charge on any atom is -0.363 e. The molecule has 1 heterocycles. The van der Waals surface area contributed by atoms with Crippen molar-refractivity contribution >= 4 is 0 Å². The molecule has 5 heteroatoms. The molecule has 35 heavy (non-hydrogen) atoms. The maximum absolute atomic E-state index is 15.1. The van der Waals surface area contributed by atoms with E-state index in [2.05, 4.69) is 0 Å². The van der Waals surface area contributed by atoms with Crippen molar-refractivity contribution in [3.8, 4) is 0 Å². The van der Waals surface area contributed by atoms with Crippen molar-refractivity contribution in [3.63, 3.8) is 0 Å². The summed E-state index contributed by atoms with van der Waals surface area (Å²) in [6.07, 6.45) is -3.27. The number of halogens is 2. The zero-order chi connectivity index (χ0) is 24.3. The van der Waals surface area contributed by atoms with Gasteiger partial charge in [0, 0.05) is 0 Å². The second-order valence-electron chi connectivity index (χ2n) is 8.68. The highest BCUT2D eigenvalue weighted by molar-refractivity contribution is 5.47. The highest BCUT2D eigenvalue weighted by Crippen LogP contribution is 2.48. The van der Waals surface area contributed by atoms with E-state index in [1.54, 1.807) is 30.3 Å². The highest BCUT2D eigenvalue weighted by atomic mass is 19.3. The minimum absolute atomic E-state index is 0.162. The predicted molar refractivity (Wildman–Crippen MR) is 130 cm³/mol. The van der Waals surface area contributed by atoms with Gasteiger partial charge < -0.3 is 14.6 Å². The van der Waals surface area contributed by atoms with Crippen LogP contribution in [0.25, 0.3) is 0 Å². The molecule has 3 nitrogen and oxygen atoms in total. The van der Waals surface area contributed by atoms with Gasteiger partial charge >= 0.3 is 5.92 Å². The standard InChI is InChI=1S/C30H26F2O3/c31-30(32)27(22-13-5-1-6-14-22)26(35-28(30)33)21-34-29(23-15-7-2-8-16-23,24-17-9-3-10-18-24)25-19-11-4-12-20-25/h1-20,26-28,33H,21H2/t26-,27+,28?/m0/s1. The van der Waals surface area contributed by atoms with E-state index in [9.17, 15) is 5.11 Å². The van der Waals surface area contributed by atoms with Gasteiger partial charge in [0.15, 0.2) is 0 Å². The maximum Gasteiger partial charge on any atom is 0.307 e. The Hall–Kier alpha value is -3.38. The summed E-state index contributed by atoms with van der Waals surface area (Å²) in [6.45, 7) is -0.162. The molecule has 1 saturated heterocycles. The molecular weight excluding hydrogens is 446 g/mol. The van der Waals surface area contributed by atoms with Crippen LogP contribution in [0, 0.1) is 0 Å². The van der Waals surface area contributed by atoms with Crippen molar-refractivity contribution in [2.24, 2.45) is 0 Å². The summed E-state index contributed by atoms with van der Waals surface area (Å²) in [5.41, 5.74) is 1.90. The topological polar surface area (TPSA) is 38.7 Å². The van der Waals surface area contributed by atoms with Gasteiger partial charge in [0.2, 0.25) is 6.29 Å². The SMILES string of the molecule is OC1O[C@@H](COC(c2ccccc2)(c2ccccc2)c2ccccc2)[C@@H](c2ccccc2)C1(F)F. The van der Waals surface area contributed by atoms with Crippen LogP contribution >= 0.6 is 0 Å². The number of benzene rings is 4. The van der Waals surface area contributed by atoms with Crippen molar-refractivity contribution in [1.29, 1.82) is 0 Å². The predicted octanol–water partition coefficient (Wildman–Crippen LogP) is 6.13. The molecule has 3 atom stereocenters. The quantitative estimate of drug-likeness (QED) is 0.329. The largest absolute Gasteiger partial charge is 0.363 e.